The van der Waals surface area contributed by atoms with Crippen molar-refractivity contribution in [1.29, 1.82) is 0 Å². The van der Waals surface area contributed by atoms with E-state index >= 15 is 0 Å². The number of pyridine rings is 1. The Morgan fingerprint density at radius 3 is 2.90 bits per heavy atom. The van der Waals surface area contributed by atoms with Crippen molar-refractivity contribution in [3.8, 4) is 0 Å². The van der Waals surface area contributed by atoms with E-state index in [1.54, 1.807) is 11.1 Å². The van der Waals surface area contributed by atoms with Gasteiger partial charge in [0.15, 0.2) is 0 Å². The first-order valence-corrected chi connectivity index (χ1v) is 7.39. The van der Waals surface area contributed by atoms with E-state index in [1.807, 2.05) is 26.0 Å². The number of amides is 1. The lowest BCUT2D eigenvalue weighted by molar-refractivity contribution is 0.0767. The first kappa shape index (κ1) is 14.8. The molecule has 1 fully saturated rings. The molecule has 5 nitrogen and oxygen atoms in total. The number of anilines is 1. The van der Waals surface area contributed by atoms with Gasteiger partial charge in [0, 0.05) is 50.6 Å². The van der Waals surface area contributed by atoms with Crippen LogP contribution in [0.2, 0.25) is 0 Å². The second-order valence-electron chi connectivity index (χ2n) is 5.18. The maximum absolute atomic E-state index is 12.3. The Bertz CT molecular complexity index is 459. The van der Waals surface area contributed by atoms with Crippen LogP contribution in [-0.2, 0) is 0 Å². The molecule has 5 heteroatoms. The molecule has 1 aliphatic rings. The maximum Gasteiger partial charge on any atom is 0.272 e. The Hall–Kier alpha value is -1.62. The molecule has 0 radical (unpaired) electrons. The van der Waals surface area contributed by atoms with Crippen LogP contribution in [0.5, 0.6) is 0 Å². The molecule has 0 bridgehead atoms. The van der Waals surface area contributed by atoms with Crippen LogP contribution in [-0.4, -0.2) is 54.6 Å². The average molecular weight is 276 g/mol. The summed E-state index contributed by atoms with van der Waals surface area (Å²) in [6.45, 7) is 10.5. The number of nitrogens with one attached hydrogen (secondary N) is 1. The number of piperazine rings is 1. The summed E-state index contributed by atoms with van der Waals surface area (Å²) in [5.74, 6) is 0.0139. The van der Waals surface area contributed by atoms with E-state index in [-0.39, 0.29) is 5.91 Å². The molecular formula is C15H24N4O. The van der Waals surface area contributed by atoms with Gasteiger partial charge in [-0.05, 0) is 32.9 Å². The van der Waals surface area contributed by atoms with Gasteiger partial charge in [-0.1, -0.05) is 0 Å². The summed E-state index contributed by atoms with van der Waals surface area (Å²) in [5.41, 5.74) is 1.63. The normalized spacial score (nSPS) is 18.9. The largest absolute Gasteiger partial charge is 0.369 e. The number of carbonyl (C=O) groups excluding carboxylic acids is 1. The molecule has 1 amide bonds. The summed E-state index contributed by atoms with van der Waals surface area (Å²) in [6.07, 6.45) is 1.73. The van der Waals surface area contributed by atoms with Crippen molar-refractivity contribution in [3.63, 3.8) is 0 Å². The third-order valence-corrected chi connectivity index (χ3v) is 3.75. The molecule has 1 aromatic heterocycles. The maximum atomic E-state index is 12.3. The Morgan fingerprint density at radius 2 is 2.25 bits per heavy atom. The van der Waals surface area contributed by atoms with Crippen molar-refractivity contribution in [1.82, 2.24) is 15.2 Å². The van der Waals surface area contributed by atoms with Gasteiger partial charge >= 0.3 is 0 Å². The molecule has 1 N–H and O–H groups in total. The zero-order valence-electron chi connectivity index (χ0n) is 12.6. The lowest BCUT2D eigenvalue weighted by Crippen LogP contribution is -2.49. The van der Waals surface area contributed by atoms with E-state index < -0.39 is 0 Å². The highest BCUT2D eigenvalue weighted by atomic mass is 16.2. The van der Waals surface area contributed by atoms with Crippen LogP contribution in [0.1, 0.15) is 31.3 Å². The highest BCUT2D eigenvalue weighted by Crippen LogP contribution is 2.17. The van der Waals surface area contributed by atoms with Crippen molar-refractivity contribution in [2.75, 3.05) is 37.6 Å². The fourth-order valence-corrected chi connectivity index (χ4v) is 2.57. The number of rotatable bonds is 4. The lowest BCUT2D eigenvalue weighted by Gasteiger charge is -2.33. The minimum Gasteiger partial charge on any atom is -0.369 e. The topological polar surface area (TPSA) is 48.5 Å². The Morgan fingerprint density at radius 1 is 1.50 bits per heavy atom. The van der Waals surface area contributed by atoms with Gasteiger partial charge in [0.1, 0.15) is 5.69 Å². The van der Waals surface area contributed by atoms with Crippen LogP contribution in [0.3, 0.4) is 0 Å². The Kier molecular flexibility index (Phi) is 4.95. The van der Waals surface area contributed by atoms with Crippen molar-refractivity contribution >= 4 is 11.6 Å². The molecule has 0 saturated carbocycles. The van der Waals surface area contributed by atoms with Crippen LogP contribution in [0.4, 0.5) is 5.69 Å². The number of hydrogen-bond donors (Lipinski definition) is 1. The van der Waals surface area contributed by atoms with Gasteiger partial charge in [0.25, 0.3) is 5.91 Å². The summed E-state index contributed by atoms with van der Waals surface area (Å²) in [4.78, 5) is 20.7. The minimum atomic E-state index is 0.0139. The second kappa shape index (κ2) is 6.70. The molecule has 20 heavy (non-hydrogen) atoms. The zero-order valence-corrected chi connectivity index (χ0v) is 12.6. The standard InChI is InChI=1S/C15H24N4O/c1-4-18(5-2)15(20)14-10-13(6-7-17-14)19-9-8-16-12(3)11-19/h6-7,10,12,16H,4-5,8-9,11H2,1-3H3/t12-/m1/s1. The first-order chi connectivity index (χ1) is 9.65. The predicted octanol–water partition coefficient (Wildman–Crippen LogP) is 1.36. The summed E-state index contributed by atoms with van der Waals surface area (Å²) < 4.78 is 0. The molecule has 0 unspecified atom stereocenters. The van der Waals surface area contributed by atoms with Crippen LogP contribution in [0, 0.1) is 0 Å². The monoisotopic (exact) mass is 276 g/mol. The summed E-state index contributed by atoms with van der Waals surface area (Å²) in [7, 11) is 0. The smallest absolute Gasteiger partial charge is 0.272 e. The van der Waals surface area contributed by atoms with Gasteiger partial charge in [0.2, 0.25) is 0 Å². The molecule has 1 aliphatic heterocycles. The minimum absolute atomic E-state index is 0.0139. The van der Waals surface area contributed by atoms with Crippen LogP contribution in [0.15, 0.2) is 18.3 Å². The highest BCUT2D eigenvalue weighted by Gasteiger charge is 2.19. The van der Waals surface area contributed by atoms with E-state index in [2.05, 4.69) is 22.1 Å². The molecule has 2 heterocycles. The Labute approximate surface area is 121 Å². The summed E-state index contributed by atoms with van der Waals surface area (Å²) in [6, 6.07) is 4.37. The molecule has 1 saturated heterocycles. The van der Waals surface area contributed by atoms with Crippen LogP contribution in [0.25, 0.3) is 0 Å². The molecule has 0 aliphatic carbocycles. The molecule has 0 spiro atoms. The van der Waals surface area contributed by atoms with Crippen molar-refractivity contribution < 1.29 is 4.79 Å². The summed E-state index contributed by atoms with van der Waals surface area (Å²) >= 11 is 0. The average Bonchev–Trinajstić information content (AvgIpc) is 2.48. The van der Waals surface area contributed by atoms with E-state index in [4.69, 9.17) is 0 Å². The molecule has 1 atom stereocenters. The molecule has 110 valence electrons. The van der Waals surface area contributed by atoms with E-state index in [9.17, 15) is 4.79 Å². The second-order valence-corrected chi connectivity index (χ2v) is 5.18. The molecular weight excluding hydrogens is 252 g/mol. The van der Waals surface area contributed by atoms with Gasteiger partial charge in [-0.25, -0.2) is 0 Å². The van der Waals surface area contributed by atoms with Gasteiger partial charge in [-0.2, -0.15) is 0 Å². The van der Waals surface area contributed by atoms with Crippen LogP contribution < -0.4 is 10.2 Å². The number of aromatic nitrogens is 1. The Balaban J connectivity index is 2.17. The fraction of sp³-hybridized carbons (Fsp3) is 0.600. The van der Waals surface area contributed by atoms with Crippen molar-refractivity contribution in [2.24, 2.45) is 0 Å². The van der Waals surface area contributed by atoms with Gasteiger partial charge < -0.3 is 15.1 Å². The number of carbonyl (C=O) groups is 1. The van der Waals surface area contributed by atoms with Crippen molar-refractivity contribution in [3.05, 3.63) is 24.0 Å². The quantitative estimate of drug-likeness (QED) is 0.902. The fourth-order valence-electron chi connectivity index (χ4n) is 2.57. The molecule has 2 rings (SSSR count). The van der Waals surface area contributed by atoms with Crippen LogP contribution >= 0.6 is 0 Å². The first-order valence-electron chi connectivity index (χ1n) is 7.39. The van der Waals surface area contributed by atoms with Gasteiger partial charge in [-0.15, -0.1) is 0 Å². The third-order valence-electron chi connectivity index (χ3n) is 3.75. The van der Waals surface area contributed by atoms with Gasteiger partial charge in [-0.3, -0.25) is 9.78 Å². The lowest BCUT2D eigenvalue weighted by atomic mass is 10.2. The zero-order chi connectivity index (χ0) is 14.5. The predicted molar refractivity (Wildman–Crippen MR) is 81.2 cm³/mol. The molecule has 1 aromatic rings. The highest BCUT2D eigenvalue weighted by molar-refractivity contribution is 5.93. The van der Waals surface area contributed by atoms with Gasteiger partial charge in [0.05, 0.1) is 0 Å². The molecule has 0 aromatic carbocycles. The van der Waals surface area contributed by atoms with E-state index in [0.717, 1.165) is 25.3 Å². The number of hydrogen-bond acceptors (Lipinski definition) is 4. The van der Waals surface area contributed by atoms with E-state index in [0.29, 0.717) is 24.8 Å². The SMILES string of the molecule is CCN(CC)C(=O)c1cc(N2CCN[C@H](C)C2)ccn1. The third kappa shape index (κ3) is 3.28. The summed E-state index contributed by atoms with van der Waals surface area (Å²) in [5, 5.41) is 3.42. The van der Waals surface area contributed by atoms with E-state index in [1.165, 1.54) is 0 Å². The number of nitrogens with zero attached hydrogens (tertiary/aromatic N) is 3. The van der Waals surface area contributed by atoms with Crippen molar-refractivity contribution in [2.45, 2.75) is 26.8 Å².